The summed E-state index contributed by atoms with van der Waals surface area (Å²) in [4.78, 5) is 12.9. The fourth-order valence-electron chi connectivity index (χ4n) is 3.35. The van der Waals surface area contributed by atoms with E-state index in [4.69, 9.17) is 0 Å². The first kappa shape index (κ1) is 19.5. The summed E-state index contributed by atoms with van der Waals surface area (Å²) in [6.07, 6.45) is 7.08. The zero-order valence-electron chi connectivity index (χ0n) is 14.7. The summed E-state index contributed by atoms with van der Waals surface area (Å²) in [5.74, 6) is 0.0814. The van der Waals surface area contributed by atoms with Crippen LogP contribution in [-0.2, 0) is 23.2 Å². The average molecular weight is 363 g/mol. The average Bonchev–Trinajstić information content (AvgIpc) is 3.18. The summed E-state index contributed by atoms with van der Waals surface area (Å²) in [6, 6.07) is 10.5. The Kier molecular flexibility index (Phi) is 7.02. The Morgan fingerprint density at radius 3 is 2.52 bits per heavy atom. The monoisotopic (exact) mass is 362 g/mol. The number of piperidine rings is 1. The van der Waals surface area contributed by atoms with Gasteiger partial charge in [-0.2, -0.15) is 5.10 Å². The molecule has 1 amide bonds. The highest BCUT2D eigenvalue weighted by Gasteiger charge is 2.41. The van der Waals surface area contributed by atoms with Crippen molar-refractivity contribution in [3.63, 3.8) is 0 Å². The molecular formula is C19H27ClN4O. The summed E-state index contributed by atoms with van der Waals surface area (Å²) in [6.45, 7) is 4.49. The number of nitrogens with zero attached hydrogens (tertiary/aromatic N) is 2. The number of carbonyl (C=O) groups is 1. The van der Waals surface area contributed by atoms with Crippen molar-refractivity contribution < 1.29 is 4.79 Å². The maximum absolute atomic E-state index is 12.9. The molecule has 2 N–H and O–H groups in total. The minimum Gasteiger partial charge on any atom is -0.354 e. The number of rotatable bonds is 6. The van der Waals surface area contributed by atoms with Crippen LogP contribution in [0.4, 0.5) is 0 Å². The van der Waals surface area contributed by atoms with Crippen LogP contribution in [0.2, 0.25) is 0 Å². The Morgan fingerprint density at radius 1 is 1.24 bits per heavy atom. The fraction of sp³-hybridized carbons (Fsp3) is 0.474. The second-order valence-corrected chi connectivity index (χ2v) is 6.41. The Labute approximate surface area is 155 Å². The van der Waals surface area contributed by atoms with Crippen LogP contribution in [0.3, 0.4) is 0 Å². The van der Waals surface area contributed by atoms with Gasteiger partial charge >= 0.3 is 0 Å². The number of hydrogen-bond donors (Lipinski definition) is 2. The SMILES string of the molecule is CCc1ccc(CCNC(=O)C2(n3cccn3)CCNCC2)cc1.Cl. The number of carbonyl (C=O) groups excluding carboxylic acids is 1. The van der Waals surface area contributed by atoms with Gasteiger partial charge in [-0.1, -0.05) is 31.2 Å². The van der Waals surface area contributed by atoms with E-state index in [9.17, 15) is 4.79 Å². The lowest BCUT2D eigenvalue weighted by Gasteiger charge is -2.36. The predicted molar refractivity (Wildman–Crippen MR) is 102 cm³/mol. The van der Waals surface area contributed by atoms with Crippen LogP contribution >= 0.6 is 12.4 Å². The molecule has 0 aliphatic carbocycles. The quantitative estimate of drug-likeness (QED) is 0.829. The third-order valence-corrected chi connectivity index (χ3v) is 4.93. The van der Waals surface area contributed by atoms with Gasteiger partial charge in [0.2, 0.25) is 5.91 Å². The molecule has 1 aliphatic rings. The number of aromatic nitrogens is 2. The highest BCUT2D eigenvalue weighted by molar-refractivity contribution is 5.85. The highest BCUT2D eigenvalue weighted by atomic mass is 35.5. The first-order valence-electron chi connectivity index (χ1n) is 8.81. The van der Waals surface area contributed by atoms with Gasteiger partial charge in [0.15, 0.2) is 0 Å². The van der Waals surface area contributed by atoms with Crippen LogP contribution in [0, 0.1) is 0 Å². The lowest BCUT2D eigenvalue weighted by atomic mass is 9.87. The molecule has 1 aliphatic heterocycles. The predicted octanol–water partition coefficient (Wildman–Crippen LogP) is 2.30. The van der Waals surface area contributed by atoms with Gasteiger partial charge in [-0.05, 0) is 56.0 Å². The van der Waals surface area contributed by atoms with Crippen LogP contribution in [0.25, 0.3) is 0 Å². The first-order valence-corrected chi connectivity index (χ1v) is 8.81. The van der Waals surface area contributed by atoms with Crippen molar-refractivity contribution in [2.24, 2.45) is 0 Å². The van der Waals surface area contributed by atoms with Crippen LogP contribution < -0.4 is 10.6 Å². The van der Waals surface area contributed by atoms with Crippen molar-refractivity contribution in [2.75, 3.05) is 19.6 Å². The highest BCUT2D eigenvalue weighted by Crippen LogP contribution is 2.27. The molecule has 2 heterocycles. The van der Waals surface area contributed by atoms with Gasteiger partial charge in [-0.25, -0.2) is 0 Å². The lowest BCUT2D eigenvalue weighted by Crippen LogP contribution is -2.54. The zero-order valence-corrected chi connectivity index (χ0v) is 15.5. The standard InChI is InChI=1S/C19H26N4O.ClH/c1-2-16-4-6-17(7-5-16)8-12-21-18(24)19(9-13-20-14-10-19)23-15-3-11-22-23;/h3-7,11,15,20H,2,8-10,12-14H2,1H3,(H,21,24);1H. The number of aryl methyl sites for hydroxylation is 1. The molecule has 6 heteroatoms. The van der Waals surface area contributed by atoms with E-state index in [0.29, 0.717) is 6.54 Å². The molecule has 1 aromatic heterocycles. The van der Waals surface area contributed by atoms with Crippen molar-refractivity contribution in [1.82, 2.24) is 20.4 Å². The molecule has 0 bridgehead atoms. The molecule has 1 aromatic carbocycles. The largest absolute Gasteiger partial charge is 0.354 e. The molecule has 25 heavy (non-hydrogen) atoms. The Bertz CT molecular complexity index is 649. The number of nitrogens with one attached hydrogen (secondary N) is 2. The Morgan fingerprint density at radius 2 is 1.92 bits per heavy atom. The molecule has 0 spiro atoms. The molecule has 1 fully saturated rings. The van der Waals surface area contributed by atoms with Crippen molar-refractivity contribution in [1.29, 1.82) is 0 Å². The minimum atomic E-state index is -0.555. The van der Waals surface area contributed by atoms with Crippen LogP contribution in [0.1, 0.15) is 30.9 Å². The van der Waals surface area contributed by atoms with Gasteiger partial charge in [0.25, 0.3) is 0 Å². The summed E-state index contributed by atoms with van der Waals surface area (Å²) < 4.78 is 1.83. The molecule has 136 valence electrons. The lowest BCUT2D eigenvalue weighted by molar-refractivity contribution is -0.131. The third-order valence-electron chi connectivity index (χ3n) is 4.93. The van der Waals surface area contributed by atoms with Gasteiger partial charge in [0.1, 0.15) is 5.54 Å². The maximum atomic E-state index is 12.9. The molecule has 3 rings (SSSR count). The van der Waals surface area contributed by atoms with E-state index in [2.05, 4.69) is 46.9 Å². The number of amides is 1. The van der Waals surface area contributed by atoms with E-state index >= 15 is 0 Å². The molecule has 0 atom stereocenters. The van der Waals surface area contributed by atoms with E-state index in [0.717, 1.165) is 38.8 Å². The molecule has 0 saturated carbocycles. The van der Waals surface area contributed by atoms with Gasteiger partial charge in [0, 0.05) is 18.9 Å². The summed E-state index contributed by atoms with van der Waals surface area (Å²) in [7, 11) is 0. The second kappa shape index (κ2) is 9.02. The van der Waals surface area contributed by atoms with Crippen molar-refractivity contribution >= 4 is 18.3 Å². The maximum Gasteiger partial charge on any atom is 0.248 e. The second-order valence-electron chi connectivity index (χ2n) is 6.41. The molecule has 1 saturated heterocycles. The van der Waals surface area contributed by atoms with Gasteiger partial charge < -0.3 is 10.6 Å². The first-order chi connectivity index (χ1) is 11.7. The molecule has 0 unspecified atom stereocenters. The normalized spacial score (nSPS) is 16.0. The third kappa shape index (κ3) is 4.41. The molecular weight excluding hydrogens is 336 g/mol. The van der Waals surface area contributed by atoms with Crippen molar-refractivity contribution in [3.8, 4) is 0 Å². The molecule has 2 aromatic rings. The molecule has 0 radical (unpaired) electrons. The topological polar surface area (TPSA) is 59.0 Å². The molecule has 5 nitrogen and oxygen atoms in total. The van der Waals surface area contributed by atoms with Crippen molar-refractivity contribution in [2.45, 2.75) is 38.1 Å². The van der Waals surface area contributed by atoms with E-state index in [1.807, 2.05) is 16.9 Å². The van der Waals surface area contributed by atoms with Crippen molar-refractivity contribution in [3.05, 3.63) is 53.9 Å². The van der Waals surface area contributed by atoms with Crippen LogP contribution in [0.5, 0.6) is 0 Å². The smallest absolute Gasteiger partial charge is 0.248 e. The summed E-state index contributed by atoms with van der Waals surface area (Å²) >= 11 is 0. The zero-order chi connectivity index (χ0) is 16.8. The summed E-state index contributed by atoms with van der Waals surface area (Å²) in [5.41, 5.74) is 2.04. The van der Waals surface area contributed by atoms with Crippen LogP contribution in [0.15, 0.2) is 42.7 Å². The van der Waals surface area contributed by atoms with E-state index in [-0.39, 0.29) is 18.3 Å². The Balaban J connectivity index is 0.00000225. The van der Waals surface area contributed by atoms with E-state index < -0.39 is 5.54 Å². The minimum absolute atomic E-state index is 0. The summed E-state index contributed by atoms with van der Waals surface area (Å²) in [5, 5.41) is 10.8. The number of halogens is 1. The van der Waals surface area contributed by atoms with Gasteiger partial charge in [0.05, 0.1) is 0 Å². The van der Waals surface area contributed by atoms with Gasteiger partial charge in [-0.3, -0.25) is 9.48 Å². The fourth-order valence-corrected chi connectivity index (χ4v) is 3.35. The number of hydrogen-bond acceptors (Lipinski definition) is 3. The number of benzene rings is 1. The van der Waals surface area contributed by atoms with Gasteiger partial charge in [-0.15, -0.1) is 12.4 Å². The Hall–Kier alpha value is -1.85. The van der Waals surface area contributed by atoms with Crippen LogP contribution in [-0.4, -0.2) is 35.3 Å². The van der Waals surface area contributed by atoms with E-state index in [1.165, 1.54) is 11.1 Å². The van der Waals surface area contributed by atoms with E-state index in [1.54, 1.807) is 6.20 Å².